The van der Waals surface area contributed by atoms with Crippen molar-refractivity contribution in [3.8, 4) is 0 Å². The summed E-state index contributed by atoms with van der Waals surface area (Å²) in [7, 11) is 0. The molecule has 1 unspecified atom stereocenters. The van der Waals surface area contributed by atoms with Crippen molar-refractivity contribution in [2.75, 3.05) is 6.54 Å². The Kier molecular flexibility index (Phi) is 5.07. The van der Waals surface area contributed by atoms with Crippen LogP contribution in [0.15, 0.2) is 42.7 Å². The number of imide groups is 1. The average Bonchev–Trinajstić information content (AvgIpc) is 3.04. The van der Waals surface area contributed by atoms with Crippen molar-refractivity contribution < 1.29 is 19.2 Å². The lowest BCUT2D eigenvalue weighted by Crippen LogP contribution is -2.52. The molecule has 1 saturated heterocycles. The van der Waals surface area contributed by atoms with Crippen LogP contribution in [0.25, 0.3) is 0 Å². The minimum atomic E-state index is -0.663. The molecule has 3 heterocycles. The summed E-state index contributed by atoms with van der Waals surface area (Å²) in [5.41, 5.74) is 2.70. The molecular weight excluding hydrogens is 372 g/mol. The van der Waals surface area contributed by atoms with E-state index in [0.29, 0.717) is 36.1 Å². The number of carbonyl (C=O) groups excluding carboxylic acids is 4. The second-order valence-electron chi connectivity index (χ2n) is 7.14. The Hall–Kier alpha value is -3.55. The Labute approximate surface area is 167 Å². The third-order valence-electron chi connectivity index (χ3n) is 5.21. The molecule has 0 saturated carbocycles. The fraction of sp³-hybridized carbons (Fsp3) is 0.286. The Morgan fingerprint density at radius 2 is 2.10 bits per heavy atom. The van der Waals surface area contributed by atoms with E-state index in [-0.39, 0.29) is 30.7 Å². The predicted molar refractivity (Wildman–Crippen MR) is 103 cm³/mol. The van der Waals surface area contributed by atoms with Gasteiger partial charge in [-0.3, -0.25) is 29.5 Å². The number of rotatable bonds is 5. The number of hydrogen-bond donors (Lipinski definition) is 2. The quantitative estimate of drug-likeness (QED) is 0.733. The van der Waals surface area contributed by atoms with Gasteiger partial charge in [-0.1, -0.05) is 6.07 Å². The highest BCUT2D eigenvalue weighted by atomic mass is 16.2. The highest BCUT2D eigenvalue weighted by Crippen LogP contribution is 2.28. The fourth-order valence-electron chi connectivity index (χ4n) is 3.68. The third-order valence-corrected chi connectivity index (χ3v) is 5.21. The number of aromatic nitrogens is 1. The SMILES string of the molecule is O=C1CCC(N2Cc3cc(C(=O)NCCc4cccnc4)ccc3C2=O)C(=O)N1. The standard InChI is InChI=1S/C21H20N4O4/c26-18-6-5-17(20(28)24-18)25-12-15-10-14(3-4-16(15)21(25)29)19(27)23-9-7-13-2-1-8-22-11-13/h1-4,8,10-11,17H,5-7,9,12H2,(H,23,27)(H,24,26,28). The van der Waals surface area contributed by atoms with Gasteiger partial charge < -0.3 is 10.2 Å². The summed E-state index contributed by atoms with van der Waals surface area (Å²) in [5, 5.41) is 5.15. The van der Waals surface area contributed by atoms with Gasteiger partial charge in [0.25, 0.3) is 11.8 Å². The van der Waals surface area contributed by atoms with E-state index >= 15 is 0 Å². The number of nitrogens with one attached hydrogen (secondary N) is 2. The van der Waals surface area contributed by atoms with Gasteiger partial charge in [0.1, 0.15) is 6.04 Å². The maximum Gasteiger partial charge on any atom is 0.255 e. The van der Waals surface area contributed by atoms with Gasteiger partial charge in [0, 0.05) is 43.0 Å². The second kappa shape index (κ2) is 7.83. The maximum atomic E-state index is 12.7. The van der Waals surface area contributed by atoms with Crippen molar-refractivity contribution in [1.82, 2.24) is 20.5 Å². The Morgan fingerprint density at radius 1 is 1.24 bits per heavy atom. The molecule has 1 atom stereocenters. The largest absolute Gasteiger partial charge is 0.352 e. The number of fused-ring (bicyclic) bond motifs is 1. The molecular formula is C21H20N4O4. The van der Waals surface area contributed by atoms with E-state index in [1.807, 2.05) is 12.1 Å². The van der Waals surface area contributed by atoms with Gasteiger partial charge in [0.15, 0.2) is 0 Å². The first-order valence-corrected chi connectivity index (χ1v) is 9.47. The van der Waals surface area contributed by atoms with E-state index in [9.17, 15) is 19.2 Å². The van der Waals surface area contributed by atoms with Crippen LogP contribution < -0.4 is 10.6 Å². The molecule has 4 rings (SSSR count). The summed E-state index contributed by atoms with van der Waals surface area (Å²) >= 11 is 0. The predicted octanol–water partition coefficient (Wildman–Crippen LogP) is 0.815. The number of pyridine rings is 1. The topological polar surface area (TPSA) is 108 Å². The van der Waals surface area contributed by atoms with Crippen LogP contribution in [-0.2, 0) is 22.6 Å². The van der Waals surface area contributed by atoms with Crippen molar-refractivity contribution in [1.29, 1.82) is 0 Å². The van der Waals surface area contributed by atoms with Crippen molar-refractivity contribution in [3.63, 3.8) is 0 Å². The number of carbonyl (C=O) groups is 4. The normalized spacial score (nSPS) is 18.4. The number of hydrogen-bond acceptors (Lipinski definition) is 5. The van der Waals surface area contributed by atoms with Crippen LogP contribution in [0.3, 0.4) is 0 Å². The van der Waals surface area contributed by atoms with Gasteiger partial charge in [0.05, 0.1) is 0 Å². The van der Waals surface area contributed by atoms with Crippen molar-refractivity contribution >= 4 is 23.6 Å². The van der Waals surface area contributed by atoms with Crippen LogP contribution in [-0.4, -0.2) is 46.1 Å². The number of benzene rings is 1. The van der Waals surface area contributed by atoms with E-state index in [2.05, 4.69) is 15.6 Å². The van der Waals surface area contributed by atoms with E-state index in [1.165, 1.54) is 4.90 Å². The van der Waals surface area contributed by atoms with Crippen LogP contribution in [0.1, 0.15) is 44.7 Å². The van der Waals surface area contributed by atoms with E-state index in [1.54, 1.807) is 30.6 Å². The number of piperidine rings is 1. The van der Waals surface area contributed by atoms with Crippen LogP contribution in [0.5, 0.6) is 0 Å². The highest BCUT2D eigenvalue weighted by molar-refractivity contribution is 6.06. The first-order chi connectivity index (χ1) is 14.0. The summed E-state index contributed by atoms with van der Waals surface area (Å²) in [6.45, 7) is 0.722. The Bertz CT molecular complexity index is 989. The molecule has 0 radical (unpaired) electrons. The third kappa shape index (κ3) is 3.87. The monoisotopic (exact) mass is 392 g/mol. The van der Waals surface area contributed by atoms with Gasteiger partial charge in [0.2, 0.25) is 11.8 Å². The minimum absolute atomic E-state index is 0.209. The maximum absolute atomic E-state index is 12.7. The zero-order chi connectivity index (χ0) is 20.4. The second-order valence-corrected chi connectivity index (χ2v) is 7.14. The highest BCUT2D eigenvalue weighted by Gasteiger charge is 2.39. The smallest absolute Gasteiger partial charge is 0.255 e. The first-order valence-electron chi connectivity index (χ1n) is 9.47. The zero-order valence-electron chi connectivity index (χ0n) is 15.7. The molecule has 8 nitrogen and oxygen atoms in total. The lowest BCUT2D eigenvalue weighted by Gasteiger charge is -2.29. The van der Waals surface area contributed by atoms with Crippen LogP contribution in [0.4, 0.5) is 0 Å². The van der Waals surface area contributed by atoms with E-state index in [4.69, 9.17) is 0 Å². The molecule has 1 aromatic carbocycles. The molecule has 1 aromatic heterocycles. The van der Waals surface area contributed by atoms with Crippen LogP contribution >= 0.6 is 0 Å². The molecule has 2 N–H and O–H groups in total. The molecule has 1 fully saturated rings. The first kappa shape index (κ1) is 18.8. The van der Waals surface area contributed by atoms with Gasteiger partial charge in [-0.2, -0.15) is 0 Å². The number of amides is 4. The van der Waals surface area contributed by atoms with Gasteiger partial charge in [-0.15, -0.1) is 0 Å². The molecule has 4 amide bonds. The molecule has 2 aliphatic heterocycles. The zero-order valence-corrected chi connectivity index (χ0v) is 15.7. The molecule has 2 aromatic rings. The Morgan fingerprint density at radius 3 is 2.86 bits per heavy atom. The summed E-state index contributed by atoms with van der Waals surface area (Å²) < 4.78 is 0. The van der Waals surface area contributed by atoms with Gasteiger partial charge in [-0.05, 0) is 48.2 Å². The lowest BCUT2D eigenvalue weighted by atomic mass is 10.0. The summed E-state index contributed by atoms with van der Waals surface area (Å²) in [4.78, 5) is 54.1. The average molecular weight is 392 g/mol. The fourth-order valence-corrected chi connectivity index (χ4v) is 3.68. The molecule has 0 bridgehead atoms. The Balaban J connectivity index is 1.41. The van der Waals surface area contributed by atoms with E-state index in [0.717, 1.165) is 5.56 Å². The summed E-state index contributed by atoms with van der Waals surface area (Å²) in [6, 6.07) is 8.07. The molecule has 148 valence electrons. The van der Waals surface area contributed by atoms with Crippen molar-refractivity contribution in [3.05, 3.63) is 65.0 Å². The summed E-state index contributed by atoms with van der Waals surface area (Å²) in [5.74, 6) is -1.24. The minimum Gasteiger partial charge on any atom is -0.352 e. The molecule has 0 spiro atoms. The van der Waals surface area contributed by atoms with Crippen molar-refractivity contribution in [2.45, 2.75) is 31.8 Å². The van der Waals surface area contributed by atoms with E-state index < -0.39 is 11.9 Å². The van der Waals surface area contributed by atoms with Crippen LogP contribution in [0, 0.1) is 0 Å². The molecule has 29 heavy (non-hydrogen) atoms. The van der Waals surface area contributed by atoms with Gasteiger partial charge >= 0.3 is 0 Å². The molecule has 0 aliphatic carbocycles. The van der Waals surface area contributed by atoms with Crippen LogP contribution in [0.2, 0.25) is 0 Å². The van der Waals surface area contributed by atoms with Crippen molar-refractivity contribution in [2.24, 2.45) is 0 Å². The summed E-state index contributed by atoms with van der Waals surface area (Å²) in [6.07, 6.45) is 4.66. The number of nitrogens with zero attached hydrogens (tertiary/aromatic N) is 2. The lowest BCUT2D eigenvalue weighted by molar-refractivity contribution is -0.136. The van der Waals surface area contributed by atoms with Gasteiger partial charge in [-0.25, -0.2) is 0 Å². The molecule has 8 heteroatoms. The molecule has 2 aliphatic rings.